The van der Waals surface area contributed by atoms with E-state index < -0.39 is 0 Å². The third-order valence-electron chi connectivity index (χ3n) is 5.45. The number of rotatable bonds is 5. The molecule has 0 bridgehead atoms. The van der Waals surface area contributed by atoms with Crippen LogP contribution in [0.2, 0.25) is 0 Å². The van der Waals surface area contributed by atoms with Gasteiger partial charge in [0.05, 0.1) is 26.3 Å². The van der Waals surface area contributed by atoms with Gasteiger partial charge in [-0.25, -0.2) is 0 Å². The van der Waals surface area contributed by atoms with Crippen LogP contribution in [-0.4, -0.2) is 59.3 Å². The van der Waals surface area contributed by atoms with E-state index >= 15 is 0 Å². The van der Waals surface area contributed by atoms with Gasteiger partial charge in [0.15, 0.2) is 10.9 Å². The molecule has 150 valence electrons. The fourth-order valence-corrected chi connectivity index (χ4v) is 4.09. The molecule has 0 radical (unpaired) electrons. The molecule has 3 heterocycles. The molecular formula is C20H29N6OS+. The molecule has 7 nitrogen and oxygen atoms in total. The van der Waals surface area contributed by atoms with Crippen molar-refractivity contribution in [1.29, 1.82) is 0 Å². The summed E-state index contributed by atoms with van der Waals surface area (Å²) in [5, 5.41) is 16.1. The predicted octanol–water partition coefficient (Wildman–Crippen LogP) is 0.873. The molecule has 0 amide bonds. The normalized spacial score (nSPS) is 17.6. The van der Waals surface area contributed by atoms with Crippen LogP contribution in [0.25, 0.3) is 11.4 Å². The molecule has 1 aromatic heterocycles. The van der Waals surface area contributed by atoms with E-state index in [1.165, 1.54) is 19.3 Å². The van der Waals surface area contributed by atoms with Gasteiger partial charge in [-0.15, -0.1) is 10.2 Å². The lowest BCUT2D eigenvalue weighted by Gasteiger charge is -2.24. The standard InChI is InChI=1S/C20H28N6OS/c28-20(21-8-10-25-11-13-27-14-12-25)22-17-6-4-5-16(15-17)19-24-23-18-7-2-1-3-9-26(18)19/h4-6,15H,1-3,7-14H2,(H2,21,22,28)/p+1. The Morgan fingerprint density at radius 2 is 2.07 bits per heavy atom. The molecule has 0 aliphatic carbocycles. The Bertz CT molecular complexity index is 802. The minimum atomic E-state index is 0.657. The monoisotopic (exact) mass is 401 g/mol. The first-order valence-corrected chi connectivity index (χ1v) is 10.7. The maximum Gasteiger partial charge on any atom is 0.170 e. The second-order valence-corrected chi connectivity index (χ2v) is 7.88. The topological polar surface area (TPSA) is 68.4 Å². The van der Waals surface area contributed by atoms with E-state index in [1.54, 1.807) is 4.90 Å². The number of aryl methyl sites for hydroxylation is 1. The Balaban J connectivity index is 1.35. The van der Waals surface area contributed by atoms with Crippen LogP contribution >= 0.6 is 12.2 Å². The first kappa shape index (κ1) is 19.3. The number of nitrogens with one attached hydrogen (secondary N) is 3. The summed E-state index contributed by atoms with van der Waals surface area (Å²) < 4.78 is 7.67. The van der Waals surface area contributed by atoms with Crippen LogP contribution in [0.5, 0.6) is 0 Å². The summed E-state index contributed by atoms with van der Waals surface area (Å²) in [5.74, 6) is 2.06. The number of anilines is 1. The molecule has 2 aliphatic rings. The molecule has 0 spiro atoms. The van der Waals surface area contributed by atoms with Crippen LogP contribution in [0.1, 0.15) is 25.1 Å². The van der Waals surface area contributed by atoms with Crippen molar-refractivity contribution in [3.05, 3.63) is 30.1 Å². The highest BCUT2D eigenvalue weighted by molar-refractivity contribution is 7.80. The van der Waals surface area contributed by atoms with Crippen molar-refractivity contribution in [1.82, 2.24) is 20.1 Å². The van der Waals surface area contributed by atoms with E-state index in [0.29, 0.717) is 5.11 Å². The Morgan fingerprint density at radius 3 is 2.96 bits per heavy atom. The van der Waals surface area contributed by atoms with Gasteiger partial charge in [0.25, 0.3) is 0 Å². The number of aromatic nitrogens is 3. The van der Waals surface area contributed by atoms with E-state index in [0.717, 1.165) is 75.3 Å². The lowest BCUT2D eigenvalue weighted by molar-refractivity contribution is -0.906. The van der Waals surface area contributed by atoms with Gasteiger partial charge in [0, 0.05) is 24.2 Å². The molecule has 0 unspecified atom stereocenters. The first-order chi connectivity index (χ1) is 13.8. The SMILES string of the molecule is S=C(NCC[NH+]1CCOCC1)Nc1cccc(-c2nnc3n2CCCCC3)c1. The molecule has 4 rings (SSSR count). The molecule has 8 heteroatoms. The average molecular weight is 402 g/mol. The summed E-state index contributed by atoms with van der Waals surface area (Å²) in [7, 11) is 0. The van der Waals surface area contributed by atoms with E-state index in [4.69, 9.17) is 17.0 Å². The molecular weight excluding hydrogens is 372 g/mol. The number of hydrogen-bond acceptors (Lipinski definition) is 4. The van der Waals surface area contributed by atoms with Gasteiger partial charge in [-0.05, 0) is 37.2 Å². The summed E-state index contributed by atoms with van der Waals surface area (Å²) in [4.78, 5) is 1.57. The predicted molar refractivity (Wildman–Crippen MR) is 114 cm³/mol. The number of morpholine rings is 1. The van der Waals surface area contributed by atoms with E-state index in [9.17, 15) is 0 Å². The van der Waals surface area contributed by atoms with Crippen molar-refractivity contribution < 1.29 is 9.64 Å². The minimum Gasteiger partial charge on any atom is -0.370 e. The van der Waals surface area contributed by atoms with E-state index in [-0.39, 0.29) is 0 Å². The van der Waals surface area contributed by atoms with Gasteiger partial charge in [-0.1, -0.05) is 18.6 Å². The number of nitrogens with zero attached hydrogens (tertiary/aromatic N) is 3. The number of benzene rings is 1. The summed E-state index contributed by atoms with van der Waals surface area (Å²) in [6, 6.07) is 8.26. The van der Waals surface area contributed by atoms with Crippen LogP contribution in [0.3, 0.4) is 0 Å². The molecule has 0 atom stereocenters. The molecule has 1 saturated heterocycles. The molecule has 1 fully saturated rings. The van der Waals surface area contributed by atoms with Crippen molar-refractivity contribution in [3.63, 3.8) is 0 Å². The Morgan fingerprint density at radius 1 is 1.18 bits per heavy atom. The second kappa shape index (κ2) is 9.45. The highest BCUT2D eigenvalue weighted by Gasteiger charge is 2.16. The third-order valence-corrected chi connectivity index (χ3v) is 5.70. The fraction of sp³-hybridized carbons (Fsp3) is 0.550. The van der Waals surface area contributed by atoms with Crippen molar-refractivity contribution in [2.24, 2.45) is 0 Å². The van der Waals surface area contributed by atoms with Gasteiger partial charge < -0.3 is 24.8 Å². The van der Waals surface area contributed by atoms with Crippen LogP contribution in [-0.2, 0) is 17.7 Å². The highest BCUT2D eigenvalue weighted by Crippen LogP contribution is 2.24. The van der Waals surface area contributed by atoms with Gasteiger partial charge in [-0.3, -0.25) is 0 Å². The molecule has 3 N–H and O–H groups in total. The number of hydrogen-bond donors (Lipinski definition) is 3. The average Bonchev–Trinajstić information content (AvgIpc) is 2.97. The number of quaternary nitrogens is 1. The van der Waals surface area contributed by atoms with E-state index in [2.05, 4.69) is 37.5 Å². The number of fused-ring (bicyclic) bond motifs is 1. The van der Waals surface area contributed by atoms with Crippen LogP contribution in [0.15, 0.2) is 24.3 Å². The molecule has 1 aromatic carbocycles. The second-order valence-electron chi connectivity index (χ2n) is 7.48. The molecule has 2 aliphatic heterocycles. The zero-order chi connectivity index (χ0) is 19.2. The minimum absolute atomic E-state index is 0.657. The summed E-state index contributed by atoms with van der Waals surface area (Å²) in [6.45, 7) is 6.78. The third kappa shape index (κ3) is 4.87. The van der Waals surface area contributed by atoms with Crippen molar-refractivity contribution in [2.75, 3.05) is 44.7 Å². The van der Waals surface area contributed by atoms with Gasteiger partial charge in [0.2, 0.25) is 0 Å². The number of ether oxygens (including phenoxy) is 1. The largest absolute Gasteiger partial charge is 0.370 e. The summed E-state index contributed by atoms with van der Waals surface area (Å²) in [5.41, 5.74) is 2.05. The Hall–Kier alpha value is -2.03. The van der Waals surface area contributed by atoms with Crippen molar-refractivity contribution in [2.45, 2.75) is 32.2 Å². The van der Waals surface area contributed by atoms with Crippen LogP contribution < -0.4 is 15.5 Å². The smallest absolute Gasteiger partial charge is 0.170 e. The van der Waals surface area contributed by atoms with Crippen molar-refractivity contribution >= 4 is 23.0 Å². The summed E-state index contributed by atoms with van der Waals surface area (Å²) >= 11 is 5.47. The van der Waals surface area contributed by atoms with Crippen LogP contribution in [0.4, 0.5) is 5.69 Å². The lowest BCUT2D eigenvalue weighted by Crippen LogP contribution is -3.14. The molecule has 2 aromatic rings. The maximum atomic E-state index is 5.47. The van der Waals surface area contributed by atoms with Gasteiger partial charge in [-0.2, -0.15) is 0 Å². The van der Waals surface area contributed by atoms with Gasteiger partial charge in [0.1, 0.15) is 18.9 Å². The summed E-state index contributed by atoms with van der Waals surface area (Å²) in [6.07, 6.45) is 4.67. The highest BCUT2D eigenvalue weighted by atomic mass is 32.1. The Labute approximate surface area is 171 Å². The van der Waals surface area contributed by atoms with Crippen molar-refractivity contribution in [3.8, 4) is 11.4 Å². The lowest BCUT2D eigenvalue weighted by atomic mass is 10.2. The van der Waals surface area contributed by atoms with Crippen LogP contribution in [0, 0.1) is 0 Å². The molecule has 0 saturated carbocycles. The zero-order valence-electron chi connectivity index (χ0n) is 16.2. The number of thiocarbonyl (C=S) groups is 1. The first-order valence-electron chi connectivity index (χ1n) is 10.3. The molecule has 28 heavy (non-hydrogen) atoms. The fourth-order valence-electron chi connectivity index (χ4n) is 3.87. The quantitative estimate of drug-likeness (QED) is 0.646. The zero-order valence-corrected chi connectivity index (χ0v) is 17.1. The maximum absolute atomic E-state index is 5.47. The Kier molecular flexibility index (Phi) is 6.51. The van der Waals surface area contributed by atoms with E-state index in [1.807, 2.05) is 12.1 Å². The van der Waals surface area contributed by atoms with Gasteiger partial charge >= 0.3 is 0 Å².